The largest absolute Gasteiger partial charge is 0.460 e. The minimum atomic E-state index is -0.491. The first-order chi connectivity index (χ1) is 15.1. The molecule has 2 aromatic carbocycles. The van der Waals surface area contributed by atoms with Gasteiger partial charge in [0.1, 0.15) is 22.8 Å². The number of aromatic nitrogens is 2. The van der Waals surface area contributed by atoms with Gasteiger partial charge in [-0.05, 0) is 53.6 Å². The van der Waals surface area contributed by atoms with E-state index in [0.29, 0.717) is 40.2 Å². The average molecular weight is 409 g/mol. The van der Waals surface area contributed by atoms with E-state index in [9.17, 15) is 4.79 Å². The molecule has 1 amide bonds. The van der Waals surface area contributed by atoms with Gasteiger partial charge in [0.2, 0.25) is 0 Å². The van der Waals surface area contributed by atoms with Crippen molar-refractivity contribution in [2.75, 3.05) is 0 Å². The number of nitrogens with zero attached hydrogens (tertiary/aromatic N) is 2. The number of aryl methyl sites for hydroxylation is 1. The second kappa shape index (κ2) is 7.57. The van der Waals surface area contributed by atoms with Crippen molar-refractivity contribution in [3.8, 4) is 22.6 Å². The zero-order chi connectivity index (χ0) is 21.4. The normalized spacial score (nSPS) is 11.1. The first-order valence-corrected chi connectivity index (χ1v) is 9.96. The Kier molecular flexibility index (Phi) is 4.59. The van der Waals surface area contributed by atoms with E-state index in [0.717, 1.165) is 22.0 Å². The van der Waals surface area contributed by atoms with Crippen LogP contribution < -0.4 is 10.5 Å². The Balaban J connectivity index is 1.53. The molecule has 5 rings (SSSR count). The van der Waals surface area contributed by atoms with Gasteiger partial charge >= 0.3 is 0 Å². The lowest BCUT2D eigenvalue weighted by Crippen LogP contribution is -2.12. The lowest BCUT2D eigenvalue weighted by atomic mass is 10.0. The smallest absolute Gasteiger partial charge is 0.252 e. The van der Waals surface area contributed by atoms with Gasteiger partial charge in [0.05, 0.1) is 11.1 Å². The number of hydrogen-bond acceptors (Lipinski definition) is 5. The van der Waals surface area contributed by atoms with Crippen molar-refractivity contribution in [3.05, 3.63) is 84.5 Å². The number of nitrogens with two attached hydrogens (primary N) is 1. The van der Waals surface area contributed by atoms with Crippen molar-refractivity contribution in [2.45, 2.75) is 13.3 Å². The average Bonchev–Trinajstić information content (AvgIpc) is 3.18. The SMILES string of the molecule is CCc1oc2cc(Oc3ccnc4cc(-c5ccncc5)ccc34)ccc2c1C(N)=O. The molecule has 0 unspecified atom stereocenters. The van der Waals surface area contributed by atoms with Gasteiger partial charge in [-0.25, -0.2) is 0 Å². The van der Waals surface area contributed by atoms with Gasteiger partial charge in [-0.15, -0.1) is 0 Å². The molecule has 6 nitrogen and oxygen atoms in total. The Morgan fingerprint density at radius 3 is 2.55 bits per heavy atom. The number of rotatable bonds is 5. The summed E-state index contributed by atoms with van der Waals surface area (Å²) >= 11 is 0. The van der Waals surface area contributed by atoms with E-state index in [2.05, 4.69) is 9.97 Å². The molecule has 0 fully saturated rings. The molecule has 0 spiro atoms. The molecule has 152 valence electrons. The molecule has 0 bridgehead atoms. The van der Waals surface area contributed by atoms with Crippen LogP contribution in [-0.4, -0.2) is 15.9 Å². The Bertz CT molecular complexity index is 1420. The van der Waals surface area contributed by atoms with Crippen molar-refractivity contribution in [1.29, 1.82) is 0 Å². The number of hydrogen-bond donors (Lipinski definition) is 1. The fraction of sp³-hybridized carbons (Fsp3) is 0.0800. The maximum absolute atomic E-state index is 11.8. The molecule has 0 saturated carbocycles. The summed E-state index contributed by atoms with van der Waals surface area (Å²) in [5.41, 5.74) is 9.50. The second-order valence-corrected chi connectivity index (χ2v) is 7.15. The molecule has 3 heterocycles. The molecule has 0 radical (unpaired) electrons. The van der Waals surface area contributed by atoms with Gasteiger partial charge < -0.3 is 14.9 Å². The molecule has 5 aromatic rings. The lowest BCUT2D eigenvalue weighted by molar-refractivity contribution is 0.1000. The standard InChI is InChI=1S/C25H19N3O3/c1-2-21-24(25(26)29)19-6-4-17(14-23(19)31-21)30-22-9-12-28-20-13-16(3-5-18(20)22)15-7-10-27-11-8-15/h3-14H,2H2,1H3,(H2,26,29). The van der Waals surface area contributed by atoms with E-state index in [4.69, 9.17) is 14.9 Å². The van der Waals surface area contributed by atoms with Crippen LogP contribution in [-0.2, 0) is 6.42 Å². The lowest BCUT2D eigenvalue weighted by Gasteiger charge is -2.10. The summed E-state index contributed by atoms with van der Waals surface area (Å²) < 4.78 is 12.0. The van der Waals surface area contributed by atoms with Crippen LogP contribution in [0.15, 0.2) is 77.6 Å². The van der Waals surface area contributed by atoms with Crippen LogP contribution in [0.3, 0.4) is 0 Å². The van der Waals surface area contributed by atoms with Crippen molar-refractivity contribution < 1.29 is 13.9 Å². The van der Waals surface area contributed by atoms with E-state index in [1.165, 1.54) is 0 Å². The van der Waals surface area contributed by atoms with Crippen LogP contribution in [0.25, 0.3) is 33.0 Å². The zero-order valence-electron chi connectivity index (χ0n) is 16.8. The molecule has 0 aliphatic carbocycles. The Hall–Kier alpha value is -4.19. The first kappa shape index (κ1) is 18.8. The van der Waals surface area contributed by atoms with Gasteiger partial charge in [0.15, 0.2) is 0 Å². The number of amides is 1. The van der Waals surface area contributed by atoms with Crippen LogP contribution in [0, 0.1) is 0 Å². The minimum absolute atomic E-state index is 0.432. The molecule has 6 heteroatoms. The third-order valence-corrected chi connectivity index (χ3v) is 5.25. The summed E-state index contributed by atoms with van der Waals surface area (Å²) in [4.78, 5) is 20.4. The zero-order valence-corrected chi connectivity index (χ0v) is 16.8. The Morgan fingerprint density at radius 1 is 0.968 bits per heavy atom. The molecular formula is C25H19N3O3. The molecule has 0 atom stereocenters. The maximum atomic E-state index is 11.8. The fourth-order valence-electron chi connectivity index (χ4n) is 3.77. The van der Waals surface area contributed by atoms with Gasteiger partial charge in [-0.2, -0.15) is 0 Å². The molecule has 3 aromatic heterocycles. The number of benzene rings is 2. The van der Waals surface area contributed by atoms with Crippen LogP contribution in [0.4, 0.5) is 0 Å². The molecule has 2 N–H and O–H groups in total. The number of primary amides is 1. The van der Waals surface area contributed by atoms with Crippen LogP contribution in [0.1, 0.15) is 23.0 Å². The van der Waals surface area contributed by atoms with Crippen LogP contribution in [0.2, 0.25) is 0 Å². The summed E-state index contributed by atoms with van der Waals surface area (Å²) in [6.07, 6.45) is 5.84. The summed E-state index contributed by atoms with van der Waals surface area (Å²) in [6, 6.07) is 17.2. The van der Waals surface area contributed by atoms with E-state index >= 15 is 0 Å². The van der Waals surface area contributed by atoms with E-state index in [1.54, 1.807) is 36.8 Å². The van der Waals surface area contributed by atoms with Crippen molar-refractivity contribution in [3.63, 3.8) is 0 Å². The molecule has 0 aliphatic heterocycles. The number of carbonyl (C=O) groups excluding carboxylic acids is 1. The first-order valence-electron chi connectivity index (χ1n) is 9.96. The molecular weight excluding hydrogens is 390 g/mol. The third-order valence-electron chi connectivity index (χ3n) is 5.25. The number of fused-ring (bicyclic) bond motifs is 2. The van der Waals surface area contributed by atoms with Gasteiger partial charge in [0.25, 0.3) is 5.91 Å². The summed E-state index contributed by atoms with van der Waals surface area (Å²) in [5, 5.41) is 1.59. The van der Waals surface area contributed by atoms with E-state index < -0.39 is 5.91 Å². The van der Waals surface area contributed by atoms with Gasteiger partial charge in [0, 0.05) is 41.9 Å². The highest BCUT2D eigenvalue weighted by Gasteiger charge is 2.18. The number of pyridine rings is 2. The molecule has 0 saturated heterocycles. The Morgan fingerprint density at radius 2 is 1.77 bits per heavy atom. The number of furan rings is 1. The summed E-state index contributed by atoms with van der Waals surface area (Å²) in [7, 11) is 0. The van der Waals surface area contributed by atoms with Crippen molar-refractivity contribution in [1.82, 2.24) is 9.97 Å². The molecule has 0 aliphatic rings. The predicted octanol–water partition coefficient (Wildman–Crippen LogP) is 5.50. The Labute approximate surface area is 178 Å². The van der Waals surface area contributed by atoms with E-state index in [1.807, 2.05) is 43.3 Å². The fourth-order valence-corrected chi connectivity index (χ4v) is 3.77. The monoisotopic (exact) mass is 409 g/mol. The number of carbonyl (C=O) groups is 1. The minimum Gasteiger partial charge on any atom is -0.460 e. The highest BCUT2D eigenvalue weighted by atomic mass is 16.5. The van der Waals surface area contributed by atoms with Crippen LogP contribution in [0.5, 0.6) is 11.5 Å². The second-order valence-electron chi connectivity index (χ2n) is 7.15. The highest BCUT2D eigenvalue weighted by Crippen LogP contribution is 2.34. The maximum Gasteiger partial charge on any atom is 0.252 e. The van der Waals surface area contributed by atoms with E-state index in [-0.39, 0.29) is 0 Å². The highest BCUT2D eigenvalue weighted by molar-refractivity contribution is 6.06. The topological polar surface area (TPSA) is 91.2 Å². The number of ether oxygens (including phenoxy) is 1. The van der Waals surface area contributed by atoms with Crippen LogP contribution >= 0.6 is 0 Å². The summed E-state index contributed by atoms with van der Waals surface area (Å²) in [6.45, 7) is 1.92. The van der Waals surface area contributed by atoms with Gasteiger partial charge in [-0.1, -0.05) is 13.0 Å². The summed E-state index contributed by atoms with van der Waals surface area (Å²) in [5.74, 6) is 1.38. The quantitative estimate of drug-likeness (QED) is 0.414. The predicted molar refractivity (Wildman–Crippen MR) is 119 cm³/mol. The van der Waals surface area contributed by atoms with Crippen molar-refractivity contribution >= 4 is 27.8 Å². The third kappa shape index (κ3) is 3.38. The van der Waals surface area contributed by atoms with Crippen molar-refractivity contribution in [2.24, 2.45) is 5.73 Å². The molecule has 31 heavy (non-hydrogen) atoms. The van der Waals surface area contributed by atoms with Gasteiger partial charge in [-0.3, -0.25) is 14.8 Å².